The van der Waals surface area contributed by atoms with Crippen molar-refractivity contribution in [2.24, 2.45) is 5.73 Å². The molecular weight excluding hydrogens is 240 g/mol. The highest BCUT2D eigenvalue weighted by molar-refractivity contribution is 5.36. The summed E-state index contributed by atoms with van der Waals surface area (Å²) in [7, 11) is 0. The molecule has 0 saturated heterocycles. The molecule has 4 nitrogen and oxygen atoms in total. The fourth-order valence-corrected chi connectivity index (χ4v) is 1.62. The van der Waals surface area contributed by atoms with Crippen LogP contribution in [0.4, 0.5) is 0 Å². The van der Waals surface area contributed by atoms with Crippen LogP contribution in [-0.4, -0.2) is 11.6 Å². The Bertz CT molecular complexity index is 512. The molecule has 0 aliphatic heterocycles. The van der Waals surface area contributed by atoms with Crippen molar-refractivity contribution in [3.63, 3.8) is 0 Å². The second-order valence-electron chi connectivity index (χ2n) is 4.07. The number of benzene rings is 1. The summed E-state index contributed by atoms with van der Waals surface area (Å²) in [5.41, 5.74) is 6.37. The summed E-state index contributed by atoms with van der Waals surface area (Å²) < 4.78 is 11.3. The van der Waals surface area contributed by atoms with E-state index >= 15 is 0 Å². The maximum absolute atomic E-state index is 5.76. The van der Waals surface area contributed by atoms with Gasteiger partial charge in [-0.25, -0.2) is 0 Å². The molecule has 0 saturated carbocycles. The van der Waals surface area contributed by atoms with Crippen molar-refractivity contribution in [3.8, 4) is 17.2 Å². The number of hydrogen-bond donors (Lipinski definition) is 1. The number of nitrogens with zero attached hydrogens (tertiary/aromatic N) is 1. The van der Waals surface area contributed by atoms with E-state index in [0.717, 1.165) is 30.2 Å². The zero-order chi connectivity index (χ0) is 13.5. The first kappa shape index (κ1) is 13.4. The van der Waals surface area contributed by atoms with E-state index < -0.39 is 0 Å². The van der Waals surface area contributed by atoms with Crippen molar-refractivity contribution < 1.29 is 9.47 Å². The third-order valence-electron chi connectivity index (χ3n) is 2.57. The quantitative estimate of drug-likeness (QED) is 0.864. The molecule has 1 heterocycles. The largest absolute Gasteiger partial charge is 0.494 e. The molecule has 0 atom stereocenters. The van der Waals surface area contributed by atoms with E-state index in [1.54, 1.807) is 6.20 Å². The first-order valence-electron chi connectivity index (χ1n) is 6.38. The molecule has 2 aromatic rings. The molecule has 1 aromatic carbocycles. The van der Waals surface area contributed by atoms with E-state index in [2.05, 4.69) is 11.9 Å². The molecule has 0 aliphatic rings. The summed E-state index contributed by atoms with van der Waals surface area (Å²) in [6.45, 7) is 3.15. The topological polar surface area (TPSA) is 57.4 Å². The van der Waals surface area contributed by atoms with Gasteiger partial charge in [-0.3, -0.25) is 4.98 Å². The van der Waals surface area contributed by atoms with Crippen LogP contribution in [0.15, 0.2) is 42.6 Å². The summed E-state index contributed by atoms with van der Waals surface area (Å²) in [6, 6.07) is 11.2. The van der Waals surface area contributed by atoms with Gasteiger partial charge < -0.3 is 15.2 Å². The van der Waals surface area contributed by atoms with Crippen molar-refractivity contribution in [2.75, 3.05) is 6.61 Å². The van der Waals surface area contributed by atoms with Gasteiger partial charge in [-0.2, -0.15) is 0 Å². The normalized spacial score (nSPS) is 10.2. The molecular formula is C15H18N2O2. The SMILES string of the molecule is CCCOc1ccc(Oc2cccnc2CN)cc1. The fourth-order valence-electron chi connectivity index (χ4n) is 1.62. The zero-order valence-corrected chi connectivity index (χ0v) is 11.0. The van der Waals surface area contributed by atoms with E-state index in [1.165, 1.54) is 0 Å². The monoisotopic (exact) mass is 258 g/mol. The average molecular weight is 258 g/mol. The number of pyridine rings is 1. The molecule has 0 unspecified atom stereocenters. The van der Waals surface area contributed by atoms with Gasteiger partial charge in [0.05, 0.1) is 12.3 Å². The Balaban J connectivity index is 2.06. The van der Waals surface area contributed by atoms with Gasteiger partial charge in [-0.05, 0) is 42.8 Å². The molecule has 19 heavy (non-hydrogen) atoms. The van der Waals surface area contributed by atoms with E-state index in [0.29, 0.717) is 12.3 Å². The van der Waals surface area contributed by atoms with Gasteiger partial charge in [0.1, 0.15) is 17.2 Å². The Morgan fingerprint density at radius 2 is 1.84 bits per heavy atom. The maximum atomic E-state index is 5.76. The molecule has 4 heteroatoms. The summed E-state index contributed by atoms with van der Waals surface area (Å²) >= 11 is 0. The molecule has 0 radical (unpaired) electrons. The summed E-state index contributed by atoms with van der Waals surface area (Å²) in [4.78, 5) is 4.18. The standard InChI is InChI=1S/C15H18N2O2/c1-2-10-18-12-5-7-13(8-6-12)19-15-4-3-9-17-14(15)11-16/h3-9H,2,10-11,16H2,1H3. The third-order valence-corrected chi connectivity index (χ3v) is 2.57. The molecule has 0 bridgehead atoms. The highest BCUT2D eigenvalue weighted by atomic mass is 16.5. The zero-order valence-electron chi connectivity index (χ0n) is 11.0. The van der Waals surface area contributed by atoms with Crippen molar-refractivity contribution in [3.05, 3.63) is 48.3 Å². The van der Waals surface area contributed by atoms with E-state index in [1.807, 2.05) is 36.4 Å². The van der Waals surface area contributed by atoms with Gasteiger partial charge in [0.25, 0.3) is 0 Å². The lowest BCUT2D eigenvalue weighted by Gasteiger charge is -2.10. The number of hydrogen-bond acceptors (Lipinski definition) is 4. The van der Waals surface area contributed by atoms with Crippen LogP contribution in [-0.2, 0) is 6.54 Å². The average Bonchev–Trinajstić information content (AvgIpc) is 2.47. The molecule has 0 fully saturated rings. The van der Waals surface area contributed by atoms with E-state index in [4.69, 9.17) is 15.2 Å². The second kappa shape index (κ2) is 6.75. The van der Waals surface area contributed by atoms with Crippen molar-refractivity contribution in [1.82, 2.24) is 4.98 Å². The minimum absolute atomic E-state index is 0.355. The van der Waals surface area contributed by atoms with Gasteiger partial charge >= 0.3 is 0 Å². The van der Waals surface area contributed by atoms with Gasteiger partial charge in [-0.15, -0.1) is 0 Å². The highest BCUT2D eigenvalue weighted by Gasteiger charge is 2.04. The van der Waals surface area contributed by atoms with Crippen LogP contribution in [0, 0.1) is 0 Å². The van der Waals surface area contributed by atoms with Crippen molar-refractivity contribution >= 4 is 0 Å². The minimum atomic E-state index is 0.355. The van der Waals surface area contributed by atoms with E-state index in [9.17, 15) is 0 Å². The van der Waals surface area contributed by atoms with Crippen LogP contribution in [0.5, 0.6) is 17.2 Å². The molecule has 1 aromatic heterocycles. The summed E-state index contributed by atoms with van der Waals surface area (Å²) in [5.74, 6) is 2.28. The predicted molar refractivity (Wildman–Crippen MR) is 74.4 cm³/mol. The van der Waals surface area contributed by atoms with Gasteiger partial charge in [0.15, 0.2) is 0 Å². The molecule has 2 rings (SSSR count). The Morgan fingerprint density at radius 3 is 2.53 bits per heavy atom. The van der Waals surface area contributed by atoms with Crippen LogP contribution in [0.2, 0.25) is 0 Å². The Morgan fingerprint density at radius 1 is 1.11 bits per heavy atom. The Hall–Kier alpha value is -2.07. The second-order valence-corrected chi connectivity index (χ2v) is 4.07. The first-order valence-corrected chi connectivity index (χ1v) is 6.38. The molecule has 0 amide bonds. The fraction of sp³-hybridized carbons (Fsp3) is 0.267. The van der Waals surface area contributed by atoms with Crippen LogP contribution in [0.25, 0.3) is 0 Å². The summed E-state index contributed by atoms with van der Waals surface area (Å²) in [5, 5.41) is 0. The molecule has 100 valence electrons. The highest BCUT2D eigenvalue weighted by Crippen LogP contribution is 2.25. The lowest BCUT2D eigenvalue weighted by atomic mass is 10.3. The number of aromatic nitrogens is 1. The Kier molecular flexibility index (Phi) is 4.75. The lowest BCUT2D eigenvalue weighted by molar-refractivity contribution is 0.317. The molecule has 2 N–H and O–H groups in total. The predicted octanol–water partition coefficient (Wildman–Crippen LogP) is 3.12. The summed E-state index contributed by atoms with van der Waals surface area (Å²) in [6.07, 6.45) is 2.70. The van der Waals surface area contributed by atoms with Crippen LogP contribution in [0.3, 0.4) is 0 Å². The van der Waals surface area contributed by atoms with Crippen LogP contribution < -0.4 is 15.2 Å². The number of nitrogens with two attached hydrogens (primary N) is 1. The van der Waals surface area contributed by atoms with E-state index in [-0.39, 0.29) is 0 Å². The van der Waals surface area contributed by atoms with Crippen LogP contribution in [0.1, 0.15) is 19.0 Å². The number of rotatable bonds is 6. The lowest BCUT2D eigenvalue weighted by Crippen LogP contribution is -2.01. The Labute approximate surface area is 113 Å². The van der Waals surface area contributed by atoms with Gasteiger partial charge in [0, 0.05) is 12.7 Å². The molecule has 0 aliphatic carbocycles. The van der Waals surface area contributed by atoms with Crippen molar-refractivity contribution in [1.29, 1.82) is 0 Å². The maximum Gasteiger partial charge on any atom is 0.150 e. The molecule has 0 spiro atoms. The van der Waals surface area contributed by atoms with Gasteiger partial charge in [-0.1, -0.05) is 6.92 Å². The smallest absolute Gasteiger partial charge is 0.150 e. The number of ether oxygens (including phenoxy) is 2. The third kappa shape index (κ3) is 3.69. The first-order chi connectivity index (χ1) is 9.33. The van der Waals surface area contributed by atoms with Crippen molar-refractivity contribution in [2.45, 2.75) is 19.9 Å². The van der Waals surface area contributed by atoms with Gasteiger partial charge in [0.2, 0.25) is 0 Å². The van der Waals surface area contributed by atoms with Crippen LogP contribution >= 0.6 is 0 Å². The minimum Gasteiger partial charge on any atom is -0.494 e.